The average Bonchev–Trinajstić information content (AvgIpc) is 3.33. The lowest BCUT2D eigenvalue weighted by atomic mass is 9.80. The zero-order valence-electron chi connectivity index (χ0n) is 19.3. The molecule has 178 valence electrons. The number of ether oxygens (including phenoxy) is 3. The van der Waals surface area contributed by atoms with Crippen LogP contribution in [0.25, 0.3) is 10.9 Å². The van der Waals surface area contributed by atoms with Gasteiger partial charge in [-0.3, -0.25) is 9.89 Å². The van der Waals surface area contributed by atoms with Crippen molar-refractivity contribution in [2.24, 2.45) is 0 Å². The molecule has 2 N–H and O–H groups in total. The van der Waals surface area contributed by atoms with Gasteiger partial charge in [0.25, 0.3) is 5.91 Å². The first-order chi connectivity index (χ1) is 16.5. The van der Waals surface area contributed by atoms with Crippen molar-refractivity contribution in [1.82, 2.24) is 20.4 Å². The van der Waals surface area contributed by atoms with Crippen molar-refractivity contribution in [3.05, 3.63) is 53.7 Å². The van der Waals surface area contributed by atoms with Crippen LogP contribution in [-0.2, 0) is 4.74 Å². The lowest BCUT2D eigenvalue weighted by molar-refractivity contribution is -0.0234. The Balaban J connectivity index is 1.42. The summed E-state index contributed by atoms with van der Waals surface area (Å²) < 4.78 is 17.1. The molecule has 0 aliphatic carbocycles. The smallest absolute Gasteiger partial charge is 0.409 e. The van der Waals surface area contributed by atoms with Gasteiger partial charge in [-0.25, -0.2) is 4.79 Å². The number of hydrogen-bond donors (Lipinski definition) is 2. The number of likely N-dealkylation sites (tertiary alicyclic amines) is 1. The Bertz CT molecular complexity index is 1210. The SMILES string of the molecule is CCOC(=O)N1CCC2(CC1)C[C@H](NC(=O)c1cccc3cn[nH]c13)c1cc(OC)ccc1O2. The Labute approximate surface area is 197 Å². The van der Waals surface area contributed by atoms with Crippen molar-refractivity contribution in [2.75, 3.05) is 26.8 Å². The molecular weight excluding hydrogens is 436 g/mol. The summed E-state index contributed by atoms with van der Waals surface area (Å²) in [6.07, 6.45) is 3.30. The molecule has 0 saturated carbocycles. The van der Waals surface area contributed by atoms with Crippen molar-refractivity contribution in [1.29, 1.82) is 0 Å². The van der Waals surface area contributed by atoms with Gasteiger partial charge in [-0.15, -0.1) is 0 Å². The molecule has 1 fully saturated rings. The van der Waals surface area contributed by atoms with E-state index in [9.17, 15) is 9.59 Å². The molecular formula is C25H28N4O5. The number of nitrogens with zero attached hydrogens (tertiary/aromatic N) is 2. The predicted octanol–water partition coefficient (Wildman–Crippen LogP) is 3.82. The molecule has 3 aromatic rings. The highest BCUT2D eigenvalue weighted by Gasteiger charge is 2.45. The molecule has 5 rings (SSSR count). The van der Waals surface area contributed by atoms with E-state index in [4.69, 9.17) is 14.2 Å². The first kappa shape index (κ1) is 22.1. The summed E-state index contributed by atoms with van der Waals surface area (Å²) in [7, 11) is 1.62. The van der Waals surface area contributed by atoms with E-state index >= 15 is 0 Å². The van der Waals surface area contributed by atoms with Gasteiger partial charge in [-0.05, 0) is 31.2 Å². The minimum absolute atomic E-state index is 0.186. The summed E-state index contributed by atoms with van der Waals surface area (Å²) >= 11 is 0. The van der Waals surface area contributed by atoms with Crippen LogP contribution in [0.3, 0.4) is 0 Å². The van der Waals surface area contributed by atoms with E-state index in [0.29, 0.717) is 55.8 Å². The van der Waals surface area contributed by atoms with Gasteiger partial charge in [-0.1, -0.05) is 12.1 Å². The van der Waals surface area contributed by atoms with Crippen LogP contribution in [0.2, 0.25) is 0 Å². The minimum atomic E-state index is -0.484. The topological polar surface area (TPSA) is 106 Å². The number of piperidine rings is 1. The van der Waals surface area contributed by atoms with Crippen LogP contribution in [0.5, 0.6) is 11.5 Å². The number of nitrogens with one attached hydrogen (secondary N) is 2. The van der Waals surface area contributed by atoms with E-state index in [-0.39, 0.29) is 18.0 Å². The Kier molecular flexibility index (Phi) is 5.77. The van der Waals surface area contributed by atoms with Crippen molar-refractivity contribution < 1.29 is 23.8 Å². The molecule has 1 atom stereocenters. The average molecular weight is 465 g/mol. The number of H-pyrrole nitrogens is 1. The van der Waals surface area contributed by atoms with E-state index < -0.39 is 5.60 Å². The molecule has 9 heteroatoms. The third-order valence-electron chi connectivity index (χ3n) is 6.72. The zero-order chi connectivity index (χ0) is 23.7. The maximum absolute atomic E-state index is 13.4. The number of fused-ring (bicyclic) bond motifs is 2. The molecule has 0 unspecified atom stereocenters. The van der Waals surface area contributed by atoms with Crippen LogP contribution in [0.15, 0.2) is 42.6 Å². The quantitative estimate of drug-likeness (QED) is 0.608. The third kappa shape index (κ3) is 4.02. The normalized spacial score (nSPS) is 18.8. The first-order valence-corrected chi connectivity index (χ1v) is 11.5. The van der Waals surface area contributed by atoms with Gasteiger partial charge in [0.1, 0.15) is 17.1 Å². The standard InChI is InChI=1S/C25H28N4O5/c1-3-33-24(31)29-11-9-25(10-12-29)14-20(19-13-17(32-2)7-8-21(19)34-25)27-23(30)18-6-4-5-16-15-26-28-22(16)18/h4-8,13,15,20H,3,9-12,14H2,1-2H3,(H,26,28)(H,27,30)/t20-/m0/s1. The fourth-order valence-electron chi connectivity index (χ4n) is 4.92. The number of benzene rings is 2. The second-order valence-electron chi connectivity index (χ2n) is 8.74. The van der Waals surface area contributed by atoms with Gasteiger partial charge >= 0.3 is 6.09 Å². The van der Waals surface area contributed by atoms with Gasteiger partial charge in [0.2, 0.25) is 0 Å². The molecule has 2 aliphatic rings. The van der Waals surface area contributed by atoms with Gasteiger partial charge < -0.3 is 24.4 Å². The number of hydrogen-bond acceptors (Lipinski definition) is 6. The van der Waals surface area contributed by atoms with Gasteiger partial charge in [0, 0.05) is 43.3 Å². The van der Waals surface area contributed by atoms with Crippen LogP contribution in [0.1, 0.15) is 48.1 Å². The molecule has 1 aromatic heterocycles. The second kappa shape index (κ2) is 8.89. The van der Waals surface area contributed by atoms with Crippen molar-refractivity contribution >= 4 is 22.9 Å². The van der Waals surface area contributed by atoms with Gasteiger partial charge in [-0.2, -0.15) is 5.10 Å². The minimum Gasteiger partial charge on any atom is -0.497 e. The highest BCUT2D eigenvalue weighted by atomic mass is 16.6. The number of carbonyl (C=O) groups is 2. The van der Waals surface area contributed by atoms with E-state index in [1.165, 1.54) is 0 Å². The highest BCUT2D eigenvalue weighted by molar-refractivity contribution is 6.05. The van der Waals surface area contributed by atoms with E-state index in [1.807, 2.05) is 30.3 Å². The summed E-state index contributed by atoms with van der Waals surface area (Å²) in [5, 5.41) is 11.1. The van der Waals surface area contributed by atoms with Crippen LogP contribution in [0, 0.1) is 0 Å². The summed E-state index contributed by atoms with van der Waals surface area (Å²) in [4.78, 5) is 27.3. The molecule has 2 aliphatic heterocycles. The second-order valence-corrected chi connectivity index (χ2v) is 8.74. The number of methoxy groups -OCH3 is 1. The fourth-order valence-corrected chi connectivity index (χ4v) is 4.92. The molecule has 1 spiro atoms. The first-order valence-electron chi connectivity index (χ1n) is 11.5. The number of aromatic amines is 1. The third-order valence-corrected chi connectivity index (χ3v) is 6.72. The Morgan fingerprint density at radius 3 is 2.85 bits per heavy atom. The van der Waals surface area contributed by atoms with Crippen molar-refractivity contribution in [2.45, 2.75) is 37.8 Å². The maximum Gasteiger partial charge on any atom is 0.409 e. The lowest BCUT2D eigenvalue weighted by Gasteiger charge is -2.46. The van der Waals surface area contributed by atoms with E-state index in [2.05, 4.69) is 15.5 Å². The molecule has 0 radical (unpaired) electrons. The maximum atomic E-state index is 13.4. The predicted molar refractivity (Wildman–Crippen MR) is 125 cm³/mol. The summed E-state index contributed by atoms with van der Waals surface area (Å²) in [5.41, 5.74) is 1.64. The monoisotopic (exact) mass is 464 g/mol. The van der Waals surface area contributed by atoms with Crippen LogP contribution in [0.4, 0.5) is 4.79 Å². The number of amides is 2. The highest BCUT2D eigenvalue weighted by Crippen LogP contribution is 2.45. The van der Waals surface area contributed by atoms with Crippen LogP contribution < -0.4 is 14.8 Å². The van der Waals surface area contributed by atoms with Crippen LogP contribution >= 0.6 is 0 Å². The molecule has 34 heavy (non-hydrogen) atoms. The summed E-state index contributed by atoms with van der Waals surface area (Å²) in [5.74, 6) is 1.24. The largest absolute Gasteiger partial charge is 0.497 e. The molecule has 0 bridgehead atoms. The number of carbonyl (C=O) groups excluding carboxylic acids is 2. The van der Waals surface area contributed by atoms with E-state index in [1.54, 1.807) is 31.2 Å². The zero-order valence-corrected chi connectivity index (χ0v) is 19.3. The summed E-state index contributed by atoms with van der Waals surface area (Å²) in [6, 6.07) is 10.9. The summed E-state index contributed by atoms with van der Waals surface area (Å²) in [6.45, 7) is 3.23. The Morgan fingerprint density at radius 1 is 1.26 bits per heavy atom. The van der Waals surface area contributed by atoms with Gasteiger partial charge in [0.15, 0.2) is 0 Å². The molecule has 2 amide bonds. The Morgan fingerprint density at radius 2 is 2.09 bits per heavy atom. The van der Waals surface area contributed by atoms with Crippen LogP contribution in [-0.4, -0.2) is 59.5 Å². The molecule has 1 saturated heterocycles. The van der Waals surface area contributed by atoms with Gasteiger partial charge in [0.05, 0.1) is 37.0 Å². The van der Waals surface area contributed by atoms with Crippen molar-refractivity contribution in [3.63, 3.8) is 0 Å². The number of rotatable bonds is 4. The van der Waals surface area contributed by atoms with Crippen molar-refractivity contribution in [3.8, 4) is 11.5 Å². The number of para-hydroxylation sites is 1. The molecule has 2 aromatic carbocycles. The number of aromatic nitrogens is 2. The fraction of sp³-hybridized carbons (Fsp3) is 0.400. The lowest BCUT2D eigenvalue weighted by Crippen LogP contribution is -2.53. The Hall–Kier alpha value is -3.75. The molecule has 9 nitrogen and oxygen atoms in total. The molecule has 3 heterocycles. The van der Waals surface area contributed by atoms with E-state index in [0.717, 1.165) is 16.7 Å².